The van der Waals surface area contributed by atoms with Gasteiger partial charge in [-0.1, -0.05) is 551 Å². The van der Waals surface area contributed by atoms with Crippen LogP contribution in [0.4, 0.5) is 0 Å². The first-order valence-electron chi connectivity index (χ1n) is 58.1. The maximum absolute atomic E-state index is 18.2. The third-order valence-corrected chi connectivity index (χ3v) is 32.3. The molecule has 0 fully saturated rings. The minimum Gasteiger partial charge on any atom is -0.507 e. The van der Waals surface area contributed by atoms with Gasteiger partial charge in [0.05, 0.1) is 17.8 Å². The lowest BCUT2D eigenvalue weighted by Crippen LogP contribution is -2.48. The Hall–Kier alpha value is -5.14. The van der Waals surface area contributed by atoms with Crippen molar-refractivity contribution in [3.63, 3.8) is 0 Å². The van der Waals surface area contributed by atoms with Gasteiger partial charge in [0.25, 0.3) is 0 Å². The van der Waals surface area contributed by atoms with E-state index >= 15 is 19.2 Å². The molecule has 4 rings (SSSR count). The van der Waals surface area contributed by atoms with Crippen molar-refractivity contribution in [3.8, 4) is 23.0 Å². The van der Waals surface area contributed by atoms with E-state index in [1.807, 2.05) is 59.9 Å². The van der Waals surface area contributed by atoms with Crippen molar-refractivity contribution >= 4 is 47.4 Å². The van der Waals surface area contributed by atoms with Crippen molar-refractivity contribution in [1.29, 1.82) is 0 Å². The summed E-state index contributed by atoms with van der Waals surface area (Å²) in [5.74, 6) is -1.06. The molecule has 0 aliphatic rings. The lowest BCUT2D eigenvalue weighted by Gasteiger charge is -2.36. The summed E-state index contributed by atoms with van der Waals surface area (Å²) in [4.78, 5) is 69.8. The van der Waals surface area contributed by atoms with Crippen LogP contribution in [0, 0.1) is 10.8 Å². The lowest BCUT2D eigenvalue weighted by atomic mass is 9.71. The fourth-order valence-corrected chi connectivity index (χ4v) is 22.6. The lowest BCUT2D eigenvalue weighted by molar-refractivity contribution is -0.173. The van der Waals surface area contributed by atoms with Gasteiger partial charge in [0, 0.05) is 18.4 Å². The molecule has 808 valence electrons. The standard InChI is InChI=1S/C128H218O11S2/c1-29-33-37-41-45-49-53-55-57-59-61-63-65-69-73-77-81-136-115(132)128(95-100-89-102(119(5,6)7)91-108(111(100)129)125(23,24)25,116(133)137-82-78-74-70-66-64-62-60-58-56-54-50-46-42-38-34-30-2)96-101-90-103(120(8,9)10)92-109(126(26,27)28)114(101)139-118(135)127(93-98-85-104(121(11,12)13)112(130)105(86-98)122(14,15)16,94-99-87-106(123(17,18)19)113(131)107(88-99)124(20,21)22)117(134)138-97-110(140-83-79-75-71-67-51-47-43-39-35-31-3)141-84-80-76-72-68-52-48-44-40-36-32-4/h85-92,110,129-131H,29-84,93-97H2,1-28H3. The van der Waals surface area contributed by atoms with E-state index in [2.05, 4.69) is 206 Å². The number of unbranched alkanes of at least 4 members (excludes halogenated alkanes) is 48. The largest absolute Gasteiger partial charge is 0.507 e. The van der Waals surface area contributed by atoms with Gasteiger partial charge in [0.1, 0.15) is 29.6 Å². The van der Waals surface area contributed by atoms with Gasteiger partial charge in [-0.05, 0) is 155 Å². The minimum absolute atomic E-state index is 0.00934. The van der Waals surface area contributed by atoms with Crippen molar-refractivity contribution in [1.82, 2.24) is 0 Å². The molecule has 141 heavy (non-hydrogen) atoms. The Balaban J connectivity index is 2.20. The van der Waals surface area contributed by atoms with E-state index in [0.717, 1.165) is 99.7 Å². The predicted octanol–water partition coefficient (Wildman–Crippen LogP) is 38.1. The normalized spacial score (nSPS) is 12.9. The Morgan fingerprint density at radius 2 is 0.475 bits per heavy atom. The summed E-state index contributed by atoms with van der Waals surface area (Å²) in [6.07, 6.45) is 61.2. The monoisotopic (exact) mass is 2000 g/mol. The molecule has 0 unspecified atom stereocenters. The fraction of sp³-hybridized carbons (Fsp3) is 0.781. The van der Waals surface area contributed by atoms with Crippen molar-refractivity contribution in [2.24, 2.45) is 10.8 Å². The minimum atomic E-state index is -2.25. The maximum Gasteiger partial charge on any atom is 0.329 e. The van der Waals surface area contributed by atoms with Crippen molar-refractivity contribution < 1.29 is 53.4 Å². The first-order chi connectivity index (χ1) is 66.3. The van der Waals surface area contributed by atoms with E-state index in [0.29, 0.717) is 68.5 Å². The molecule has 0 amide bonds. The summed E-state index contributed by atoms with van der Waals surface area (Å²) in [6.45, 7) is 59.4. The van der Waals surface area contributed by atoms with Gasteiger partial charge >= 0.3 is 23.9 Å². The number of thioether (sulfide) groups is 2. The number of phenolic OH excluding ortho intramolecular Hbond substituents is 3. The van der Waals surface area contributed by atoms with Crippen LogP contribution in [0.1, 0.15) is 595 Å². The molecule has 0 saturated carbocycles. The highest BCUT2D eigenvalue weighted by atomic mass is 32.2. The molecule has 0 aliphatic heterocycles. The topological polar surface area (TPSA) is 166 Å². The van der Waals surface area contributed by atoms with E-state index in [1.165, 1.54) is 244 Å². The average Bonchev–Trinajstić information content (AvgIpc) is 0.740. The number of aromatic hydroxyl groups is 3. The number of phenols is 3. The van der Waals surface area contributed by atoms with Gasteiger partial charge in [-0.15, -0.1) is 23.5 Å². The zero-order valence-corrected chi connectivity index (χ0v) is 98.4. The summed E-state index contributed by atoms with van der Waals surface area (Å²) in [6, 6.07) is 16.0. The molecule has 0 bridgehead atoms. The summed E-state index contributed by atoms with van der Waals surface area (Å²) in [7, 11) is 0. The molecular weight excluding hydrogens is 1780 g/mol. The Bertz CT molecular complexity index is 3930. The number of esters is 4. The first kappa shape index (κ1) is 128. The average molecular weight is 2000 g/mol. The zero-order chi connectivity index (χ0) is 105. The molecule has 0 spiro atoms. The first-order valence-corrected chi connectivity index (χ1v) is 60.2. The molecule has 0 atom stereocenters. The van der Waals surface area contributed by atoms with Gasteiger partial charge < -0.3 is 34.3 Å². The molecule has 4 aromatic rings. The quantitative estimate of drug-likeness (QED) is 0.00956. The SMILES string of the molecule is CCCCCCCCCCCCCCCCCCOC(=O)C(Cc1cc(C(C)(C)C)cc(C(C)(C)C)c1O)(Cc1cc(C(C)(C)C)cc(C(C)(C)C)c1OC(=O)C(Cc1cc(C(C)(C)C)c(O)c(C(C)(C)C)c1)(Cc1cc(C(C)(C)C)c(O)c(C(C)(C)C)c1)C(=O)OCC(SCCCCCCCCCCCC)SCCCCCCCCCCCC)C(=O)OCCCCCCCCCCCCCCCCCC. The highest BCUT2D eigenvalue weighted by Crippen LogP contribution is 2.50. The highest BCUT2D eigenvalue weighted by molar-refractivity contribution is 8.17. The van der Waals surface area contributed by atoms with E-state index in [4.69, 9.17) is 18.9 Å². The Labute approximate surface area is 876 Å². The van der Waals surface area contributed by atoms with Crippen LogP contribution in [0.3, 0.4) is 0 Å². The van der Waals surface area contributed by atoms with E-state index in [9.17, 15) is 15.3 Å². The second-order valence-electron chi connectivity index (χ2n) is 51.4. The fourth-order valence-electron chi connectivity index (χ4n) is 20.0. The molecule has 0 saturated heterocycles. The van der Waals surface area contributed by atoms with Crippen LogP contribution in [0.5, 0.6) is 23.0 Å². The molecule has 0 aliphatic carbocycles. The van der Waals surface area contributed by atoms with Gasteiger partial charge in [0.15, 0.2) is 10.8 Å². The number of hydrogen-bond donors (Lipinski definition) is 3. The molecule has 3 N–H and O–H groups in total. The highest BCUT2D eigenvalue weighted by Gasteiger charge is 2.54. The smallest absolute Gasteiger partial charge is 0.329 e. The summed E-state index contributed by atoms with van der Waals surface area (Å²) < 4.78 is 28.3. The van der Waals surface area contributed by atoms with Gasteiger partial charge in [-0.3, -0.25) is 19.2 Å². The Kier molecular flexibility index (Phi) is 59.0. The van der Waals surface area contributed by atoms with E-state index in [1.54, 1.807) is 0 Å². The number of carbonyl (C=O) groups excluding carboxylic acids is 4. The van der Waals surface area contributed by atoms with Crippen molar-refractivity contribution in [3.05, 3.63) is 115 Å². The molecule has 0 aromatic heterocycles. The zero-order valence-electron chi connectivity index (χ0n) is 96.8. The molecule has 0 radical (unpaired) electrons. The van der Waals surface area contributed by atoms with Crippen LogP contribution in [-0.4, -0.2) is 75.1 Å². The molecule has 0 heterocycles. The van der Waals surface area contributed by atoms with Crippen LogP contribution in [-0.2, 0) is 102 Å². The number of carbonyl (C=O) groups is 4. The number of ether oxygens (including phenoxy) is 4. The van der Waals surface area contributed by atoms with Crippen molar-refractivity contribution in [2.45, 2.75) is 601 Å². The van der Waals surface area contributed by atoms with Crippen molar-refractivity contribution in [2.75, 3.05) is 31.3 Å². The number of rotatable bonds is 73. The van der Waals surface area contributed by atoms with Gasteiger partial charge in [0.2, 0.25) is 0 Å². The molecular formula is C128H218O11S2. The predicted molar refractivity (Wildman–Crippen MR) is 610 cm³/mol. The summed E-state index contributed by atoms with van der Waals surface area (Å²) in [5.41, 5.74) is -1.73. The van der Waals surface area contributed by atoms with Crippen LogP contribution in [0.2, 0.25) is 0 Å². The number of benzene rings is 4. The summed E-state index contributed by atoms with van der Waals surface area (Å²) in [5, 5.41) is 38.7. The van der Waals surface area contributed by atoms with Crippen LogP contribution in [0.25, 0.3) is 0 Å². The summed E-state index contributed by atoms with van der Waals surface area (Å²) >= 11 is 3.70. The second-order valence-corrected chi connectivity index (χ2v) is 54.3. The van der Waals surface area contributed by atoms with Gasteiger partial charge in [-0.2, -0.15) is 0 Å². The third-order valence-electron chi connectivity index (χ3n) is 29.4. The Morgan fingerprint density at radius 1 is 0.248 bits per heavy atom. The second kappa shape index (κ2) is 65.0. The maximum atomic E-state index is 18.2. The van der Waals surface area contributed by atoms with E-state index < -0.39 is 84.4 Å². The van der Waals surface area contributed by atoms with Gasteiger partial charge in [-0.25, -0.2) is 0 Å². The molecule has 13 heteroatoms. The number of hydrogen-bond acceptors (Lipinski definition) is 13. The third kappa shape index (κ3) is 47.5. The van der Waals surface area contributed by atoms with Crippen LogP contribution >= 0.6 is 23.5 Å². The van der Waals surface area contributed by atoms with Crippen LogP contribution < -0.4 is 4.74 Å². The molecule has 11 nitrogen and oxygen atoms in total. The Morgan fingerprint density at radius 3 is 0.745 bits per heavy atom. The molecule has 4 aromatic carbocycles. The van der Waals surface area contributed by atoms with Crippen LogP contribution in [0.15, 0.2) is 48.5 Å². The van der Waals surface area contributed by atoms with E-state index in [-0.39, 0.29) is 66.7 Å².